The summed E-state index contributed by atoms with van der Waals surface area (Å²) in [5.41, 5.74) is 2.06. The molecule has 0 fully saturated rings. The smallest absolute Gasteiger partial charge is 0.268 e. The van der Waals surface area contributed by atoms with E-state index in [0.717, 1.165) is 16.5 Å². The quantitative estimate of drug-likeness (QED) is 0.490. The molecule has 2 aromatic carbocycles. The van der Waals surface area contributed by atoms with Crippen LogP contribution in [-0.2, 0) is 4.79 Å². The Balaban J connectivity index is 2.13. The maximum absolute atomic E-state index is 11.9. The van der Waals surface area contributed by atoms with E-state index in [1.165, 1.54) is 0 Å². The van der Waals surface area contributed by atoms with Crippen molar-refractivity contribution in [2.45, 2.75) is 19.4 Å². The van der Waals surface area contributed by atoms with Gasteiger partial charge in [0, 0.05) is 15.4 Å². The van der Waals surface area contributed by atoms with Crippen LogP contribution in [0.25, 0.3) is 0 Å². The summed E-state index contributed by atoms with van der Waals surface area (Å²) in [5, 5.41) is 6.75. The van der Waals surface area contributed by atoms with Crippen molar-refractivity contribution in [1.29, 1.82) is 0 Å². The average Bonchev–Trinajstić information content (AvgIpc) is 2.95. The summed E-state index contributed by atoms with van der Waals surface area (Å²) in [4.78, 5) is 11.9. The number of benzene rings is 2. The molecule has 130 valence electrons. The second kappa shape index (κ2) is 7.67. The van der Waals surface area contributed by atoms with E-state index >= 15 is 0 Å². The normalized spacial score (nSPS) is 19.9. The minimum Gasteiger partial charge on any atom is -0.274 e. The molecule has 0 aromatic heterocycles. The fraction of sp³-hybridized carbons (Fsp3) is 0.222. The van der Waals surface area contributed by atoms with Crippen LogP contribution in [0.1, 0.15) is 24.9 Å². The van der Waals surface area contributed by atoms with Crippen LogP contribution < -0.4 is 5.01 Å². The summed E-state index contributed by atoms with van der Waals surface area (Å²) in [6.45, 7) is 2.01. The van der Waals surface area contributed by atoms with Crippen LogP contribution in [0, 0.1) is 5.92 Å². The third-order valence-electron chi connectivity index (χ3n) is 4.22. The lowest BCUT2D eigenvalue weighted by Crippen LogP contribution is -2.26. The lowest BCUT2D eigenvalue weighted by molar-refractivity contribution is -0.106. The second-order valence-corrected chi connectivity index (χ2v) is 7.81. The number of halogens is 4. The lowest BCUT2D eigenvalue weighted by atomic mass is 9.88. The van der Waals surface area contributed by atoms with Crippen LogP contribution in [-0.4, -0.2) is 11.0 Å². The van der Waals surface area contributed by atoms with Crippen LogP contribution in [0.3, 0.4) is 0 Å². The highest BCUT2D eigenvalue weighted by atomic mass is 79.9. The lowest BCUT2D eigenvalue weighted by Gasteiger charge is -2.28. The first-order valence-corrected chi connectivity index (χ1v) is 9.63. The van der Waals surface area contributed by atoms with Crippen molar-refractivity contribution in [2.24, 2.45) is 11.0 Å². The number of carbonyl (C=O) groups excluding carboxylic acids is 1. The highest BCUT2D eigenvalue weighted by Gasteiger charge is 2.41. The van der Waals surface area contributed by atoms with Crippen molar-refractivity contribution in [3.05, 3.63) is 62.5 Å². The standard InChI is InChI=1S/C18H14BrCl3N2O/c1-2-13-16(18(22)25)23-24(15-8-7-12(20)9-14(15)21)17(13)10-3-5-11(19)6-4-10/h3-9,13,17H,2H2,1H3/t13-,17-/m1/s1. The molecule has 3 rings (SSSR count). The Hall–Kier alpha value is -1.07. The van der Waals surface area contributed by atoms with Gasteiger partial charge in [-0.2, -0.15) is 5.10 Å². The molecule has 2 aromatic rings. The van der Waals surface area contributed by atoms with Gasteiger partial charge >= 0.3 is 0 Å². The first-order valence-electron chi connectivity index (χ1n) is 7.70. The van der Waals surface area contributed by atoms with Gasteiger partial charge in [0.2, 0.25) is 0 Å². The fourth-order valence-electron chi connectivity index (χ4n) is 3.08. The summed E-state index contributed by atoms with van der Waals surface area (Å²) in [5.74, 6) is -0.127. The second-order valence-electron chi connectivity index (χ2n) is 5.71. The SMILES string of the molecule is CC[C@@H]1C(C(=O)Cl)=NN(c2ccc(Cl)cc2Cl)[C@@H]1c1ccc(Br)cc1. The Labute approximate surface area is 169 Å². The predicted molar refractivity (Wildman–Crippen MR) is 108 cm³/mol. The minimum absolute atomic E-state index is 0.127. The highest BCUT2D eigenvalue weighted by molar-refractivity contribution is 9.10. The molecule has 0 saturated carbocycles. The molecule has 0 saturated heterocycles. The number of hydrazone groups is 1. The molecule has 1 aliphatic rings. The van der Waals surface area contributed by atoms with Crippen molar-refractivity contribution in [2.75, 3.05) is 5.01 Å². The summed E-state index contributed by atoms with van der Waals surface area (Å²) in [7, 11) is 0. The fourth-order valence-corrected chi connectivity index (χ4v) is 4.02. The molecule has 7 heteroatoms. The van der Waals surface area contributed by atoms with E-state index in [1.807, 2.05) is 31.2 Å². The summed E-state index contributed by atoms with van der Waals surface area (Å²) >= 11 is 21.6. The number of nitrogens with zero attached hydrogens (tertiary/aromatic N) is 2. The molecule has 0 unspecified atom stereocenters. The molecular weight excluding hydrogens is 446 g/mol. The number of rotatable bonds is 4. The zero-order valence-corrected chi connectivity index (χ0v) is 17.1. The van der Waals surface area contributed by atoms with Crippen LogP contribution in [0.2, 0.25) is 10.0 Å². The molecule has 0 radical (unpaired) electrons. The van der Waals surface area contributed by atoms with Gasteiger partial charge in [0.15, 0.2) is 0 Å². The zero-order chi connectivity index (χ0) is 18.1. The van der Waals surface area contributed by atoms with Gasteiger partial charge in [0.25, 0.3) is 5.24 Å². The average molecular weight is 461 g/mol. The number of hydrogen-bond acceptors (Lipinski definition) is 3. The molecule has 0 N–H and O–H groups in total. The van der Waals surface area contributed by atoms with Gasteiger partial charge in [-0.05, 0) is 53.9 Å². The Bertz CT molecular complexity index is 839. The first kappa shape index (κ1) is 18.7. The molecular formula is C18H14BrCl3N2O. The van der Waals surface area contributed by atoms with Crippen LogP contribution >= 0.6 is 50.7 Å². The van der Waals surface area contributed by atoms with Crippen LogP contribution in [0.15, 0.2) is 52.0 Å². The first-order chi connectivity index (χ1) is 11.9. The molecule has 2 atom stereocenters. The van der Waals surface area contributed by atoms with E-state index in [1.54, 1.807) is 23.2 Å². The summed E-state index contributed by atoms with van der Waals surface area (Å²) in [6.07, 6.45) is 0.722. The van der Waals surface area contributed by atoms with Gasteiger partial charge < -0.3 is 0 Å². The summed E-state index contributed by atoms with van der Waals surface area (Å²) < 4.78 is 0.980. The van der Waals surface area contributed by atoms with Crippen LogP contribution in [0.4, 0.5) is 5.69 Å². The Morgan fingerprint density at radius 3 is 2.44 bits per heavy atom. The Kier molecular flexibility index (Phi) is 5.74. The minimum atomic E-state index is -0.540. The molecule has 1 heterocycles. The van der Waals surface area contributed by atoms with E-state index in [-0.39, 0.29) is 12.0 Å². The molecule has 0 aliphatic carbocycles. The van der Waals surface area contributed by atoms with Crippen LogP contribution in [0.5, 0.6) is 0 Å². The van der Waals surface area contributed by atoms with Crippen molar-refractivity contribution < 1.29 is 4.79 Å². The van der Waals surface area contributed by atoms with Gasteiger partial charge in [-0.1, -0.05) is 58.2 Å². The maximum Gasteiger partial charge on any atom is 0.268 e. The Morgan fingerprint density at radius 1 is 1.20 bits per heavy atom. The van der Waals surface area contributed by atoms with E-state index in [0.29, 0.717) is 21.4 Å². The molecule has 3 nitrogen and oxygen atoms in total. The van der Waals surface area contributed by atoms with Crippen molar-refractivity contribution in [3.8, 4) is 0 Å². The largest absolute Gasteiger partial charge is 0.274 e. The Morgan fingerprint density at radius 2 is 1.88 bits per heavy atom. The third kappa shape index (κ3) is 3.72. The van der Waals surface area contributed by atoms with Gasteiger partial charge in [0.05, 0.1) is 16.8 Å². The van der Waals surface area contributed by atoms with Gasteiger partial charge in [0.1, 0.15) is 5.71 Å². The molecule has 0 bridgehead atoms. The number of anilines is 1. The van der Waals surface area contributed by atoms with E-state index in [4.69, 9.17) is 34.8 Å². The van der Waals surface area contributed by atoms with Crippen molar-refractivity contribution in [1.82, 2.24) is 0 Å². The van der Waals surface area contributed by atoms with E-state index in [2.05, 4.69) is 21.0 Å². The van der Waals surface area contributed by atoms with Gasteiger partial charge in [-0.15, -0.1) is 0 Å². The van der Waals surface area contributed by atoms with Crippen molar-refractivity contribution in [3.63, 3.8) is 0 Å². The predicted octanol–water partition coefficient (Wildman–Crippen LogP) is 6.46. The van der Waals surface area contributed by atoms with E-state index < -0.39 is 5.24 Å². The number of hydrogen-bond donors (Lipinski definition) is 0. The topological polar surface area (TPSA) is 32.7 Å². The number of carbonyl (C=O) groups is 1. The van der Waals surface area contributed by atoms with Crippen molar-refractivity contribution >= 4 is 67.4 Å². The molecule has 0 spiro atoms. The monoisotopic (exact) mass is 458 g/mol. The molecule has 0 amide bonds. The van der Waals surface area contributed by atoms with Gasteiger partial charge in [-0.3, -0.25) is 9.80 Å². The zero-order valence-electron chi connectivity index (χ0n) is 13.2. The third-order valence-corrected chi connectivity index (χ3v) is 5.48. The molecule has 1 aliphatic heterocycles. The highest BCUT2D eigenvalue weighted by Crippen LogP contribution is 2.44. The maximum atomic E-state index is 11.9. The van der Waals surface area contributed by atoms with E-state index in [9.17, 15) is 4.79 Å². The van der Waals surface area contributed by atoms with Gasteiger partial charge in [-0.25, -0.2) is 0 Å². The molecule has 25 heavy (non-hydrogen) atoms. The summed E-state index contributed by atoms with van der Waals surface area (Å²) in [6, 6.07) is 13.0.